The standard InChI is InChI=1S/C14H10ClFN2S/c15-12-5-10(16)2-1-9(12)7-17-11-3-4-13-14(6-11)19-8-18-13/h1-6,8,17H,7H2. The van der Waals surface area contributed by atoms with Gasteiger partial charge in [-0.15, -0.1) is 11.3 Å². The molecule has 2 nitrogen and oxygen atoms in total. The Bertz CT molecular complexity index is 726. The van der Waals surface area contributed by atoms with Crippen molar-refractivity contribution in [2.45, 2.75) is 6.54 Å². The molecular weight excluding hydrogens is 283 g/mol. The number of nitrogens with zero attached hydrogens (tertiary/aromatic N) is 1. The van der Waals surface area contributed by atoms with E-state index >= 15 is 0 Å². The number of aromatic nitrogens is 1. The van der Waals surface area contributed by atoms with Crippen LogP contribution in [0.15, 0.2) is 41.9 Å². The molecule has 0 bridgehead atoms. The molecule has 0 amide bonds. The number of rotatable bonds is 3. The molecule has 0 aliphatic carbocycles. The molecule has 1 aromatic heterocycles. The summed E-state index contributed by atoms with van der Waals surface area (Å²) in [5.74, 6) is -0.320. The quantitative estimate of drug-likeness (QED) is 0.757. The summed E-state index contributed by atoms with van der Waals surface area (Å²) in [7, 11) is 0. The predicted octanol–water partition coefficient (Wildman–Crippen LogP) is 4.70. The molecule has 5 heteroatoms. The van der Waals surface area contributed by atoms with Crippen LogP contribution in [0.2, 0.25) is 5.02 Å². The van der Waals surface area contributed by atoms with Gasteiger partial charge in [0.15, 0.2) is 0 Å². The van der Waals surface area contributed by atoms with Gasteiger partial charge in [-0.05, 0) is 35.9 Å². The second kappa shape index (κ2) is 5.15. The third-order valence-corrected chi connectivity index (χ3v) is 3.97. The smallest absolute Gasteiger partial charge is 0.124 e. The van der Waals surface area contributed by atoms with Gasteiger partial charge in [-0.2, -0.15) is 0 Å². The van der Waals surface area contributed by atoms with E-state index < -0.39 is 0 Å². The van der Waals surface area contributed by atoms with Crippen LogP contribution in [0.4, 0.5) is 10.1 Å². The van der Waals surface area contributed by atoms with Crippen LogP contribution in [-0.4, -0.2) is 4.98 Å². The number of halogens is 2. The van der Waals surface area contributed by atoms with Crippen LogP contribution in [-0.2, 0) is 6.54 Å². The van der Waals surface area contributed by atoms with Crippen LogP contribution in [0.25, 0.3) is 10.2 Å². The summed E-state index contributed by atoms with van der Waals surface area (Å²) >= 11 is 7.59. The minimum atomic E-state index is -0.320. The first-order valence-corrected chi connectivity index (χ1v) is 6.99. The molecular formula is C14H10ClFN2S. The number of anilines is 1. The predicted molar refractivity (Wildman–Crippen MR) is 78.4 cm³/mol. The molecule has 1 N–H and O–H groups in total. The fourth-order valence-corrected chi connectivity index (χ4v) is 2.78. The number of fused-ring (bicyclic) bond motifs is 1. The maximum absolute atomic E-state index is 12.9. The number of thiazole rings is 1. The van der Waals surface area contributed by atoms with Crippen molar-refractivity contribution >= 4 is 38.8 Å². The topological polar surface area (TPSA) is 24.9 Å². The van der Waals surface area contributed by atoms with Crippen molar-refractivity contribution in [1.82, 2.24) is 4.98 Å². The molecule has 2 aromatic carbocycles. The minimum Gasteiger partial charge on any atom is -0.381 e. The third kappa shape index (κ3) is 2.69. The van der Waals surface area contributed by atoms with E-state index in [1.54, 1.807) is 17.4 Å². The van der Waals surface area contributed by atoms with E-state index in [1.165, 1.54) is 12.1 Å². The second-order valence-corrected chi connectivity index (χ2v) is 5.42. The van der Waals surface area contributed by atoms with Gasteiger partial charge < -0.3 is 5.32 Å². The van der Waals surface area contributed by atoms with E-state index in [9.17, 15) is 4.39 Å². The molecule has 0 radical (unpaired) electrons. The van der Waals surface area contributed by atoms with Crippen LogP contribution >= 0.6 is 22.9 Å². The van der Waals surface area contributed by atoms with Gasteiger partial charge in [-0.3, -0.25) is 0 Å². The highest BCUT2D eigenvalue weighted by Gasteiger charge is 2.03. The van der Waals surface area contributed by atoms with Crippen molar-refractivity contribution < 1.29 is 4.39 Å². The first kappa shape index (κ1) is 12.4. The van der Waals surface area contributed by atoms with Crippen molar-refractivity contribution in [3.8, 4) is 0 Å². The highest BCUT2D eigenvalue weighted by atomic mass is 35.5. The van der Waals surface area contributed by atoms with Crippen LogP contribution in [0.5, 0.6) is 0 Å². The average Bonchev–Trinajstić information content (AvgIpc) is 2.85. The Kier molecular flexibility index (Phi) is 3.36. The first-order chi connectivity index (χ1) is 9.22. The van der Waals surface area contributed by atoms with Crippen LogP contribution in [0.3, 0.4) is 0 Å². The lowest BCUT2D eigenvalue weighted by molar-refractivity contribution is 0.627. The molecule has 19 heavy (non-hydrogen) atoms. The number of hydrogen-bond acceptors (Lipinski definition) is 3. The molecule has 3 rings (SSSR count). The van der Waals surface area contributed by atoms with Crippen molar-refractivity contribution in [3.63, 3.8) is 0 Å². The largest absolute Gasteiger partial charge is 0.381 e. The summed E-state index contributed by atoms with van der Waals surface area (Å²) in [5, 5.41) is 3.71. The molecule has 0 saturated heterocycles. The minimum absolute atomic E-state index is 0.320. The summed E-state index contributed by atoms with van der Waals surface area (Å²) < 4.78 is 14.1. The fraction of sp³-hybridized carbons (Fsp3) is 0.0714. The van der Waals surface area contributed by atoms with E-state index in [1.807, 2.05) is 23.7 Å². The van der Waals surface area contributed by atoms with Crippen LogP contribution in [0, 0.1) is 5.82 Å². The normalized spacial score (nSPS) is 10.8. The Hall–Kier alpha value is -1.65. The maximum Gasteiger partial charge on any atom is 0.124 e. The van der Waals surface area contributed by atoms with Gasteiger partial charge >= 0.3 is 0 Å². The zero-order chi connectivity index (χ0) is 13.2. The molecule has 0 unspecified atom stereocenters. The SMILES string of the molecule is Fc1ccc(CNc2ccc3ncsc3c2)c(Cl)c1. The second-order valence-electron chi connectivity index (χ2n) is 4.12. The Balaban J connectivity index is 1.77. The van der Waals surface area contributed by atoms with Crippen molar-refractivity contribution in [1.29, 1.82) is 0 Å². The van der Waals surface area contributed by atoms with Crippen LogP contribution in [0.1, 0.15) is 5.56 Å². The zero-order valence-corrected chi connectivity index (χ0v) is 11.4. The molecule has 0 saturated carbocycles. The lowest BCUT2D eigenvalue weighted by Gasteiger charge is -2.08. The van der Waals surface area contributed by atoms with E-state index in [-0.39, 0.29) is 5.82 Å². The number of benzene rings is 2. The lowest BCUT2D eigenvalue weighted by atomic mass is 10.2. The molecule has 0 fully saturated rings. The van der Waals surface area contributed by atoms with Gasteiger partial charge in [-0.1, -0.05) is 17.7 Å². The summed E-state index contributed by atoms with van der Waals surface area (Å²) in [6.07, 6.45) is 0. The van der Waals surface area contributed by atoms with E-state index in [4.69, 9.17) is 11.6 Å². The maximum atomic E-state index is 12.9. The molecule has 3 aromatic rings. The summed E-state index contributed by atoms with van der Waals surface area (Å²) in [6, 6.07) is 10.4. The van der Waals surface area contributed by atoms with Gasteiger partial charge in [0.1, 0.15) is 5.82 Å². The number of hydrogen-bond donors (Lipinski definition) is 1. The van der Waals surface area contributed by atoms with Crippen LogP contribution < -0.4 is 5.32 Å². The molecule has 0 atom stereocenters. The summed E-state index contributed by atoms with van der Waals surface area (Å²) in [6.45, 7) is 0.559. The number of nitrogens with one attached hydrogen (secondary N) is 1. The average molecular weight is 293 g/mol. The highest BCUT2D eigenvalue weighted by molar-refractivity contribution is 7.16. The third-order valence-electron chi connectivity index (χ3n) is 2.83. The van der Waals surface area contributed by atoms with Gasteiger partial charge in [0.25, 0.3) is 0 Å². The van der Waals surface area contributed by atoms with E-state index in [0.717, 1.165) is 21.5 Å². The first-order valence-electron chi connectivity index (χ1n) is 5.73. The lowest BCUT2D eigenvalue weighted by Crippen LogP contribution is -2.00. The molecule has 96 valence electrons. The van der Waals surface area contributed by atoms with Crippen molar-refractivity contribution in [2.24, 2.45) is 0 Å². The summed E-state index contributed by atoms with van der Waals surface area (Å²) in [5.41, 5.74) is 4.69. The van der Waals surface area contributed by atoms with E-state index in [2.05, 4.69) is 10.3 Å². The van der Waals surface area contributed by atoms with Crippen molar-refractivity contribution in [3.05, 3.63) is 58.3 Å². The fourth-order valence-electron chi connectivity index (χ4n) is 1.83. The van der Waals surface area contributed by atoms with Gasteiger partial charge in [0, 0.05) is 17.3 Å². The van der Waals surface area contributed by atoms with Gasteiger partial charge in [0.05, 0.1) is 15.7 Å². The molecule has 0 aliphatic heterocycles. The van der Waals surface area contributed by atoms with Crippen molar-refractivity contribution in [2.75, 3.05) is 5.32 Å². The Morgan fingerprint density at radius 2 is 2.11 bits per heavy atom. The molecule has 0 aliphatic rings. The Labute approximate surface area is 118 Å². The Morgan fingerprint density at radius 3 is 2.95 bits per heavy atom. The monoisotopic (exact) mass is 292 g/mol. The molecule has 1 heterocycles. The zero-order valence-electron chi connectivity index (χ0n) is 9.86. The van der Waals surface area contributed by atoms with Gasteiger partial charge in [-0.25, -0.2) is 9.37 Å². The van der Waals surface area contributed by atoms with Gasteiger partial charge in [0.2, 0.25) is 0 Å². The summed E-state index contributed by atoms with van der Waals surface area (Å²) in [4.78, 5) is 4.23. The molecule has 0 spiro atoms. The van der Waals surface area contributed by atoms with E-state index in [0.29, 0.717) is 11.6 Å². The Morgan fingerprint density at radius 1 is 1.21 bits per heavy atom. The highest BCUT2D eigenvalue weighted by Crippen LogP contribution is 2.23.